The van der Waals surface area contributed by atoms with E-state index in [-0.39, 0.29) is 0 Å². The number of nitrogens with zero attached hydrogens (tertiary/aromatic N) is 1. The molecule has 1 aromatic rings. The van der Waals surface area contributed by atoms with E-state index in [0.717, 1.165) is 0 Å². The molecule has 0 aromatic carbocycles. The fraction of sp³-hybridized carbons (Fsp3) is 0.143. The molecule has 0 amide bonds. The smallest absolute Gasteiger partial charge is 0.178 e. The van der Waals surface area contributed by atoms with Crippen LogP contribution in [0.25, 0.3) is 0 Å². The van der Waals surface area contributed by atoms with Crippen LogP contribution in [0.2, 0.25) is 0 Å². The highest BCUT2D eigenvalue weighted by molar-refractivity contribution is 7.80. The maximum absolute atomic E-state index is 7.44. The maximum atomic E-state index is 7.44. The van der Waals surface area contributed by atoms with Gasteiger partial charge in [-0.3, -0.25) is 9.98 Å². The van der Waals surface area contributed by atoms with E-state index in [0.29, 0.717) is 10.6 Å². The van der Waals surface area contributed by atoms with Crippen molar-refractivity contribution in [3.8, 4) is 0 Å². The van der Waals surface area contributed by atoms with E-state index in [1.807, 2.05) is 6.07 Å². The molecule has 0 saturated heterocycles. The third-order valence-electron chi connectivity index (χ3n) is 1.29. The van der Waals surface area contributed by atoms with Crippen molar-refractivity contribution < 1.29 is 0 Å². The molecule has 58 valence electrons. The van der Waals surface area contributed by atoms with Gasteiger partial charge in [0.2, 0.25) is 0 Å². The molecule has 1 rings (SSSR count). The van der Waals surface area contributed by atoms with Crippen LogP contribution in [0.15, 0.2) is 24.4 Å². The molecule has 0 bridgehead atoms. The predicted octanol–water partition coefficient (Wildman–Crippen LogP) is 0.320. The van der Waals surface area contributed by atoms with Crippen LogP contribution in [-0.2, 0) is 0 Å². The summed E-state index contributed by atoms with van der Waals surface area (Å²) in [6.45, 7) is 0. The van der Waals surface area contributed by atoms with Crippen LogP contribution in [0.3, 0.4) is 0 Å². The van der Waals surface area contributed by atoms with E-state index in [4.69, 9.17) is 17.6 Å². The van der Waals surface area contributed by atoms with Crippen molar-refractivity contribution in [3.05, 3.63) is 29.9 Å². The van der Waals surface area contributed by atoms with Crippen LogP contribution in [0, 0.1) is 5.41 Å². The minimum Gasteiger partial charge on any atom is -0.365 e. The molecule has 0 saturated carbocycles. The highest BCUT2D eigenvalue weighted by Crippen LogP contribution is 1.80. The van der Waals surface area contributed by atoms with Gasteiger partial charge >= 0.3 is 0 Å². The van der Waals surface area contributed by atoms with E-state index >= 15 is 0 Å². The lowest BCUT2D eigenvalue weighted by molar-refractivity contribution is 0.941. The first-order valence-electron chi connectivity index (χ1n) is 3.20. The van der Waals surface area contributed by atoms with Crippen LogP contribution in [0.4, 0.5) is 0 Å². The molecule has 11 heavy (non-hydrogen) atoms. The maximum Gasteiger partial charge on any atom is 0.178 e. The number of hydrogen-bond acceptors (Lipinski definition) is 2. The Morgan fingerprint density at radius 1 is 1.64 bits per heavy atom. The number of thiocarbonyl (C=S) groups is 1. The fourth-order valence-electron chi connectivity index (χ4n) is 0.741. The lowest BCUT2D eigenvalue weighted by Gasteiger charge is -2.05. The molecule has 0 radical (unpaired) electrons. The molecule has 3 nitrogen and oxygen atoms in total. The van der Waals surface area contributed by atoms with Gasteiger partial charge < -0.3 is 5.32 Å². The van der Waals surface area contributed by atoms with Gasteiger partial charge in [-0.2, -0.15) is 0 Å². The molecule has 4 heteroatoms. The first-order chi connectivity index (χ1) is 5.25. The van der Waals surface area contributed by atoms with Crippen molar-refractivity contribution in [2.75, 3.05) is 7.05 Å². The molecule has 0 unspecified atom stereocenters. The van der Waals surface area contributed by atoms with Gasteiger partial charge in [-0.25, -0.2) is 0 Å². The first-order valence-corrected chi connectivity index (χ1v) is 3.61. The van der Waals surface area contributed by atoms with Crippen LogP contribution >= 0.6 is 12.2 Å². The van der Waals surface area contributed by atoms with Crippen LogP contribution in [0.1, 0.15) is 0 Å². The zero-order valence-electron chi connectivity index (χ0n) is 6.16. The summed E-state index contributed by atoms with van der Waals surface area (Å²) in [6, 6.07) is 5.32. The summed E-state index contributed by atoms with van der Waals surface area (Å²) in [7, 11) is 1.74. The zero-order valence-corrected chi connectivity index (χ0v) is 6.98. The zero-order chi connectivity index (χ0) is 8.27. The molecule has 0 aliphatic carbocycles. The van der Waals surface area contributed by atoms with Gasteiger partial charge in [-0.15, -0.1) is 0 Å². The summed E-state index contributed by atoms with van der Waals surface area (Å²) in [5.41, 5.74) is 0.381. The summed E-state index contributed by atoms with van der Waals surface area (Å²) < 4.78 is 1.59. The second-order valence-corrected chi connectivity index (χ2v) is 2.40. The topological polar surface area (TPSA) is 40.8 Å². The van der Waals surface area contributed by atoms with Crippen molar-refractivity contribution in [3.63, 3.8) is 0 Å². The summed E-state index contributed by atoms with van der Waals surface area (Å²) in [5, 5.41) is 10.8. The van der Waals surface area contributed by atoms with E-state index in [9.17, 15) is 0 Å². The average molecular weight is 167 g/mol. The van der Waals surface area contributed by atoms with Crippen molar-refractivity contribution in [1.29, 1.82) is 5.41 Å². The molecule has 0 aliphatic heterocycles. The molecule has 1 heterocycles. The Morgan fingerprint density at radius 3 is 2.91 bits per heavy atom. The minimum atomic E-state index is 0.381. The van der Waals surface area contributed by atoms with Gasteiger partial charge in [0.05, 0.1) is 0 Å². The van der Waals surface area contributed by atoms with Crippen molar-refractivity contribution in [2.45, 2.75) is 0 Å². The Hall–Kier alpha value is -1.16. The highest BCUT2D eigenvalue weighted by Gasteiger charge is 1.93. The highest BCUT2D eigenvalue weighted by atomic mass is 32.1. The lowest BCUT2D eigenvalue weighted by atomic mass is 10.5. The van der Waals surface area contributed by atoms with Crippen molar-refractivity contribution in [1.82, 2.24) is 9.88 Å². The van der Waals surface area contributed by atoms with Gasteiger partial charge in [-0.1, -0.05) is 6.07 Å². The Balaban J connectivity index is 3.14. The second kappa shape index (κ2) is 3.30. The third kappa shape index (κ3) is 1.65. The van der Waals surface area contributed by atoms with Crippen LogP contribution < -0.4 is 10.8 Å². The summed E-state index contributed by atoms with van der Waals surface area (Å²) in [6.07, 6.45) is 1.75. The standard InChI is InChI=1S/C7H9N3S/c1-9-7(11)10-5-3-2-4-6(10)8/h2-5,8H,1H3,(H,9,11). The Morgan fingerprint density at radius 2 is 2.36 bits per heavy atom. The normalized spacial score (nSPS) is 9.18. The van der Waals surface area contributed by atoms with Gasteiger partial charge in [0.25, 0.3) is 0 Å². The molecule has 0 aliphatic rings. The number of aromatic nitrogens is 1. The average Bonchev–Trinajstić information content (AvgIpc) is 2.04. The SMILES string of the molecule is CNC(=S)n1ccccc1=N. The monoisotopic (exact) mass is 167 g/mol. The van der Waals surface area contributed by atoms with Gasteiger partial charge in [0.15, 0.2) is 5.11 Å². The molecule has 1 aromatic heterocycles. The Bertz CT molecular complexity index is 315. The lowest BCUT2D eigenvalue weighted by Crippen LogP contribution is -2.32. The molecule has 0 spiro atoms. The quantitative estimate of drug-likeness (QED) is 0.546. The number of hydrogen-bond donors (Lipinski definition) is 2. The van der Waals surface area contributed by atoms with E-state index < -0.39 is 0 Å². The van der Waals surface area contributed by atoms with E-state index in [1.165, 1.54) is 0 Å². The minimum absolute atomic E-state index is 0.381. The second-order valence-electron chi connectivity index (χ2n) is 2.01. The van der Waals surface area contributed by atoms with Gasteiger partial charge in [0, 0.05) is 13.2 Å². The van der Waals surface area contributed by atoms with E-state index in [2.05, 4.69) is 5.32 Å². The summed E-state index contributed by atoms with van der Waals surface area (Å²) in [4.78, 5) is 0. The largest absolute Gasteiger partial charge is 0.365 e. The summed E-state index contributed by atoms with van der Waals surface area (Å²) >= 11 is 4.94. The molecular formula is C7H9N3S. The van der Waals surface area contributed by atoms with E-state index in [1.54, 1.807) is 29.9 Å². The number of pyridine rings is 1. The molecule has 0 fully saturated rings. The molecular weight excluding hydrogens is 158 g/mol. The van der Waals surface area contributed by atoms with Gasteiger partial charge in [0.1, 0.15) is 5.49 Å². The molecule has 0 atom stereocenters. The Kier molecular flexibility index (Phi) is 2.38. The van der Waals surface area contributed by atoms with Gasteiger partial charge in [-0.05, 0) is 24.4 Å². The predicted molar refractivity (Wildman–Crippen MR) is 47.3 cm³/mol. The number of nitrogens with one attached hydrogen (secondary N) is 2. The fourth-order valence-corrected chi connectivity index (χ4v) is 0.900. The Labute approximate surface area is 70.2 Å². The van der Waals surface area contributed by atoms with Crippen molar-refractivity contribution >= 4 is 17.3 Å². The molecule has 2 N–H and O–H groups in total. The van der Waals surface area contributed by atoms with Crippen LogP contribution in [-0.4, -0.2) is 16.7 Å². The first kappa shape index (κ1) is 7.94. The van der Waals surface area contributed by atoms with Crippen LogP contribution in [0.5, 0.6) is 0 Å². The van der Waals surface area contributed by atoms with Crippen molar-refractivity contribution in [2.24, 2.45) is 0 Å². The third-order valence-corrected chi connectivity index (χ3v) is 1.69. The number of rotatable bonds is 0. The summed E-state index contributed by atoms with van der Waals surface area (Å²) in [5.74, 6) is 0.